The van der Waals surface area contributed by atoms with Gasteiger partial charge in [-0.25, -0.2) is 0 Å². The van der Waals surface area contributed by atoms with Crippen molar-refractivity contribution in [1.82, 2.24) is 0 Å². The Labute approximate surface area is 49.7 Å². The van der Waals surface area contributed by atoms with Crippen molar-refractivity contribution in [3.8, 4) is 0 Å². The van der Waals surface area contributed by atoms with Crippen LogP contribution in [0.5, 0.6) is 0 Å². The Balaban J connectivity index is 2.81. The molecule has 7 heavy (non-hydrogen) atoms. The zero-order valence-corrected chi connectivity index (χ0v) is 5.42. The molecule has 0 aliphatic carbocycles. The lowest BCUT2D eigenvalue weighted by molar-refractivity contribution is 0.277. The Morgan fingerprint density at radius 2 is 2.29 bits per heavy atom. The summed E-state index contributed by atoms with van der Waals surface area (Å²) in [6, 6.07) is 0. The molecule has 41 valence electrons. The Bertz CT molecular complexity index is 52.0. The molecule has 0 atom stereocenters. The van der Waals surface area contributed by atoms with Crippen LogP contribution < -0.4 is 0 Å². The quantitative estimate of drug-likeness (QED) is 0.518. The van der Waals surface area contributed by atoms with Crippen LogP contribution in [-0.2, 0) is 4.74 Å². The molecule has 0 aliphatic heterocycles. The Morgan fingerprint density at radius 1 is 1.71 bits per heavy atom. The fourth-order valence-corrected chi connectivity index (χ4v) is 0.269. The van der Waals surface area contributed by atoms with E-state index in [0.29, 0.717) is 12.5 Å². The third-order valence-corrected chi connectivity index (χ3v) is 0.593. The Morgan fingerprint density at radius 3 is 2.43 bits per heavy atom. The van der Waals surface area contributed by atoms with Crippen molar-refractivity contribution in [3.63, 3.8) is 0 Å². The molecule has 0 saturated carbocycles. The van der Waals surface area contributed by atoms with E-state index in [1.807, 2.05) is 0 Å². The van der Waals surface area contributed by atoms with Crippen molar-refractivity contribution in [2.75, 3.05) is 6.61 Å². The highest BCUT2D eigenvalue weighted by Crippen LogP contribution is 1.89. The predicted molar refractivity (Wildman–Crippen MR) is 33.4 cm³/mol. The van der Waals surface area contributed by atoms with Gasteiger partial charge in [-0.2, -0.15) is 0 Å². The second-order valence-corrected chi connectivity index (χ2v) is 1.95. The molecule has 0 amide bonds. The molecule has 0 aliphatic rings. The summed E-state index contributed by atoms with van der Waals surface area (Å²) in [5.41, 5.74) is 2.18. The summed E-state index contributed by atoms with van der Waals surface area (Å²) in [5, 5.41) is 0. The van der Waals surface area contributed by atoms with E-state index >= 15 is 0 Å². The van der Waals surface area contributed by atoms with Gasteiger partial charge in [-0.15, -0.1) is 0 Å². The van der Waals surface area contributed by atoms with Gasteiger partial charge in [0.2, 0.25) is 5.55 Å². The lowest BCUT2D eigenvalue weighted by atomic mass is 10.2. The number of thiocarbonyl (C=S) groups is 1. The zero-order valence-electron chi connectivity index (χ0n) is 4.60. The predicted octanol–water partition coefficient (Wildman–Crippen LogP) is 1.49. The first-order chi connectivity index (χ1) is 3.27. The van der Waals surface area contributed by atoms with Crippen molar-refractivity contribution in [2.24, 2.45) is 5.92 Å². The summed E-state index contributed by atoms with van der Waals surface area (Å²) < 4.78 is 4.66. The van der Waals surface area contributed by atoms with Crippen molar-refractivity contribution < 1.29 is 4.74 Å². The fourth-order valence-electron chi connectivity index (χ4n) is 0.201. The van der Waals surface area contributed by atoms with Crippen molar-refractivity contribution >= 4 is 17.8 Å². The van der Waals surface area contributed by atoms with Gasteiger partial charge in [0, 0.05) is 0 Å². The van der Waals surface area contributed by atoms with Crippen molar-refractivity contribution in [3.05, 3.63) is 0 Å². The summed E-state index contributed by atoms with van der Waals surface area (Å²) in [6.07, 6.45) is 0. The first-order valence-corrected chi connectivity index (χ1v) is 2.67. The molecule has 0 rings (SSSR count). The summed E-state index contributed by atoms with van der Waals surface area (Å²) in [6.45, 7) is 4.81. The van der Waals surface area contributed by atoms with E-state index in [9.17, 15) is 0 Å². The van der Waals surface area contributed by atoms with Crippen LogP contribution >= 0.6 is 12.2 Å². The average molecular weight is 117 g/mol. The molecule has 0 spiro atoms. The van der Waals surface area contributed by atoms with Crippen molar-refractivity contribution in [2.45, 2.75) is 13.8 Å². The van der Waals surface area contributed by atoms with Gasteiger partial charge in [0.05, 0.1) is 6.61 Å². The largest absolute Gasteiger partial charge is 0.480 e. The van der Waals surface area contributed by atoms with Crippen LogP contribution in [0.25, 0.3) is 0 Å². The highest BCUT2D eigenvalue weighted by atomic mass is 32.1. The minimum Gasteiger partial charge on any atom is -0.480 e. The molecule has 0 heterocycles. The van der Waals surface area contributed by atoms with Gasteiger partial charge in [-0.05, 0) is 18.1 Å². The monoisotopic (exact) mass is 117 g/mol. The molecule has 0 fully saturated rings. The van der Waals surface area contributed by atoms with E-state index in [2.05, 4.69) is 36.4 Å². The van der Waals surface area contributed by atoms with E-state index in [1.54, 1.807) is 0 Å². The van der Waals surface area contributed by atoms with Gasteiger partial charge in [0.25, 0.3) is 0 Å². The molecule has 0 bridgehead atoms. The fraction of sp³-hybridized carbons (Fsp3) is 0.800. The van der Waals surface area contributed by atoms with E-state index in [-0.39, 0.29) is 0 Å². The summed E-state index contributed by atoms with van der Waals surface area (Å²) in [7, 11) is 0. The van der Waals surface area contributed by atoms with Crippen LogP contribution in [0, 0.1) is 5.92 Å². The maximum Gasteiger partial charge on any atom is 0.239 e. The molecule has 0 aromatic carbocycles. The minimum absolute atomic E-state index is 0.551. The third-order valence-electron chi connectivity index (χ3n) is 0.476. The van der Waals surface area contributed by atoms with Crippen LogP contribution in [0.2, 0.25) is 0 Å². The third kappa shape index (κ3) is 5.89. The second kappa shape index (κ2) is 4.06. The topological polar surface area (TPSA) is 9.23 Å². The molecule has 1 nitrogen and oxygen atoms in total. The van der Waals surface area contributed by atoms with Crippen LogP contribution in [0.3, 0.4) is 0 Å². The standard InChI is InChI=1S/C5H9OS/c1-5(2)3-6-4-7/h5H,3H2,1-2H3. The Kier molecular flexibility index (Phi) is 4.00. The van der Waals surface area contributed by atoms with E-state index in [4.69, 9.17) is 0 Å². The molecule has 0 N–H and O–H groups in total. The maximum atomic E-state index is 4.66. The second-order valence-electron chi connectivity index (χ2n) is 1.79. The molecule has 2 heteroatoms. The SMILES string of the molecule is CC(C)CO[C]=S. The van der Waals surface area contributed by atoms with Crippen molar-refractivity contribution in [1.29, 1.82) is 0 Å². The van der Waals surface area contributed by atoms with Gasteiger partial charge in [-0.3, -0.25) is 0 Å². The van der Waals surface area contributed by atoms with Gasteiger partial charge >= 0.3 is 0 Å². The molecule has 0 saturated heterocycles. The first-order valence-electron chi connectivity index (χ1n) is 2.26. The number of rotatable bonds is 3. The average Bonchev–Trinajstić information content (AvgIpc) is 1.61. The van der Waals surface area contributed by atoms with Gasteiger partial charge in [-0.1, -0.05) is 13.8 Å². The summed E-state index contributed by atoms with van der Waals surface area (Å²) in [4.78, 5) is 0. The highest BCUT2D eigenvalue weighted by Gasteiger charge is 1.88. The smallest absolute Gasteiger partial charge is 0.239 e. The number of hydrogen-bond donors (Lipinski definition) is 0. The van der Waals surface area contributed by atoms with Gasteiger partial charge in [0.15, 0.2) is 0 Å². The first kappa shape index (κ1) is 6.89. The lowest BCUT2D eigenvalue weighted by Gasteiger charge is -1.98. The Hall–Kier alpha value is -0.110. The molecule has 0 aromatic rings. The van der Waals surface area contributed by atoms with Crippen LogP contribution in [0.4, 0.5) is 0 Å². The van der Waals surface area contributed by atoms with Crippen LogP contribution in [0.1, 0.15) is 13.8 Å². The zero-order chi connectivity index (χ0) is 5.70. The summed E-state index contributed by atoms with van der Waals surface area (Å²) in [5.74, 6) is 0.551. The van der Waals surface area contributed by atoms with Crippen LogP contribution in [0.15, 0.2) is 0 Å². The number of hydrogen-bond acceptors (Lipinski definition) is 2. The minimum atomic E-state index is 0.551. The lowest BCUT2D eigenvalue weighted by Crippen LogP contribution is -1.97. The van der Waals surface area contributed by atoms with E-state index in [0.717, 1.165) is 0 Å². The normalized spacial score (nSPS) is 9.00. The van der Waals surface area contributed by atoms with Crippen LogP contribution in [-0.4, -0.2) is 12.2 Å². The molecule has 0 aromatic heterocycles. The summed E-state index contributed by atoms with van der Waals surface area (Å²) >= 11 is 4.30. The van der Waals surface area contributed by atoms with E-state index < -0.39 is 0 Å². The van der Waals surface area contributed by atoms with Gasteiger partial charge in [0.1, 0.15) is 0 Å². The molecular weight excluding hydrogens is 108 g/mol. The van der Waals surface area contributed by atoms with E-state index in [1.165, 1.54) is 0 Å². The molecular formula is C5H9OS. The maximum absolute atomic E-state index is 4.66. The molecule has 0 unspecified atom stereocenters. The van der Waals surface area contributed by atoms with Gasteiger partial charge < -0.3 is 4.74 Å². The molecule has 1 radical (unpaired) electrons. The number of ether oxygens (including phenoxy) is 1. The highest BCUT2D eigenvalue weighted by molar-refractivity contribution is 7.78.